The molecule has 1 aromatic rings. The van der Waals surface area contributed by atoms with Gasteiger partial charge in [-0.15, -0.1) is 0 Å². The minimum Gasteiger partial charge on any atom is -0.508 e. The average molecular weight is 219 g/mol. The summed E-state index contributed by atoms with van der Waals surface area (Å²) in [5, 5.41) is 9.31. The Balaban J connectivity index is 1.97. The molecule has 1 N–H and O–H groups in total. The minimum atomic E-state index is 0.162. The Bertz CT molecular complexity index is 389. The summed E-state index contributed by atoms with van der Waals surface area (Å²) in [6.45, 7) is 3.91. The molecule has 0 aromatic heterocycles. The van der Waals surface area contributed by atoms with Crippen molar-refractivity contribution in [2.24, 2.45) is 5.92 Å². The van der Waals surface area contributed by atoms with Crippen molar-refractivity contribution in [1.82, 2.24) is 4.90 Å². The summed E-state index contributed by atoms with van der Waals surface area (Å²) < 4.78 is 0. The maximum atomic E-state index is 11.9. The lowest BCUT2D eigenvalue weighted by atomic mass is 10.1. The Morgan fingerprint density at radius 2 is 2.38 bits per heavy atom. The first-order valence-corrected chi connectivity index (χ1v) is 5.71. The first-order valence-electron chi connectivity index (χ1n) is 5.71. The van der Waals surface area contributed by atoms with Gasteiger partial charge in [0.05, 0.1) is 6.42 Å². The maximum absolute atomic E-state index is 11.9. The number of phenolic OH excluding ortho intramolecular Hbond substituents is 1. The number of aromatic hydroxyl groups is 1. The van der Waals surface area contributed by atoms with Crippen molar-refractivity contribution in [2.75, 3.05) is 13.1 Å². The fourth-order valence-electron chi connectivity index (χ4n) is 2.11. The monoisotopic (exact) mass is 219 g/mol. The lowest BCUT2D eigenvalue weighted by Crippen LogP contribution is -2.29. The molecular formula is C13H17NO2. The van der Waals surface area contributed by atoms with Crippen LogP contribution in [0, 0.1) is 5.92 Å². The molecule has 0 aliphatic carbocycles. The fraction of sp³-hybridized carbons (Fsp3) is 0.462. The molecule has 1 aliphatic heterocycles. The smallest absolute Gasteiger partial charge is 0.227 e. The van der Waals surface area contributed by atoms with Crippen LogP contribution in [0.1, 0.15) is 18.9 Å². The highest BCUT2D eigenvalue weighted by Gasteiger charge is 2.22. The average Bonchev–Trinajstić information content (AvgIpc) is 2.65. The number of hydrogen-bond donors (Lipinski definition) is 1. The van der Waals surface area contributed by atoms with Gasteiger partial charge in [0, 0.05) is 13.1 Å². The van der Waals surface area contributed by atoms with Crippen LogP contribution in [0.25, 0.3) is 0 Å². The third-order valence-corrected chi connectivity index (χ3v) is 3.04. The highest BCUT2D eigenvalue weighted by molar-refractivity contribution is 5.79. The molecule has 1 saturated heterocycles. The largest absolute Gasteiger partial charge is 0.508 e. The molecule has 3 heteroatoms. The molecule has 16 heavy (non-hydrogen) atoms. The predicted octanol–water partition coefficient (Wildman–Crippen LogP) is 1.80. The van der Waals surface area contributed by atoms with E-state index in [2.05, 4.69) is 6.92 Å². The van der Waals surface area contributed by atoms with Gasteiger partial charge in [0.1, 0.15) is 5.75 Å². The molecule has 1 amide bonds. The van der Waals surface area contributed by atoms with Gasteiger partial charge in [-0.05, 0) is 30.0 Å². The fourth-order valence-corrected chi connectivity index (χ4v) is 2.11. The van der Waals surface area contributed by atoms with Gasteiger partial charge in [0.25, 0.3) is 0 Å². The summed E-state index contributed by atoms with van der Waals surface area (Å²) in [6.07, 6.45) is 1.49. The number of amides is 1. The van der Waals surface area contributed by atoms with Crippen LogP contribution in [0.2, 0.25) is 0 Å². The Morgan fingerprint density at radius 1 is 1.56 bits per heavy atom. The number of likely N-dealkylation sites (tertiary alicyclic amines) is 1. The number of carbonyl (C=O) groups is 1. The summed E-state index contributed by atoms with van der Waals surface area (Å²) in [5.74, 6) is 1.00. The van der Waals surface area contributed by atoms with Crippen LogP contribution in [-0.4, -0.2) is 29.0 Å². The van der Waals surface area contributed by atoms with Crippen molar-refractivity contribution < 1.29 is 9.90 Å². The number of benzene rings is 1. The van der Waals surface area contributed by atoms with E-state index in [0.717, 1.165) is 25.1 Å². The molecule has 1 heterocycles. The molecule has 1 fully saturated rings. The van der Waals surface area contributed by atoms with Gasteiger partial charge in [-0.3, -0.25) is 4.79 Å². The van der Waals surface area contributed by atoms with Crippen LogP contribution < -0.4 is 0 Å². The second-order valence-electron chi connectivity index (χ2n) is 4.58. The first-order chi connectivity index (χ1) is 7.65. The lowest BCUT2D eigenvalue weighted by Gasteiger charge is -2.15. The molecule has 3 nitrogen and oxygen atoms in total. The van der Waals surface area contributed by atoms with Crippen LogP contribution in [0.15, 0.2) is 24.3 Å². The zero-order chi connectivity index (χ0) is 11.5. The molecular weight excluding hydrogens is 202 g/mol. The van der Waals surface area contributed by atoms with E-state index in [9.17, 15) is 9.90 Å². The molecule has 86 valence electrons. The van der Waals surface area contributed by atoms with Crippen LogP contribution in [0.5, 0.6) is 5.75 Å². The zero-order valence-corrected chi connectivity index (χ0v) is 9.52. The standard InChI is InChI=1S/C13H17NO2/c1-10-5-6-14(9-10)13(16)8-11-3-2-4-12(15)7-11/h2-4,7,10,15H,5-6,8-9H2,1H3. The Labute approximate surface area is 95.7 Å². The normalized spacial score (nSPS) is 20.1. The number of carbonyl (C=O) groups excluding carboxylic acids is 1. The quantitative estimate of drug-likeness (QED) is 0.824. The summed E-state index contributed by atoms with van der Waals surface area (Å²) in [4.78, 5) is 13.8. The Hall–Kier alpha value is -1.51. The second kappa shape index (κ2) is 4.56. The predicted molar refractivity (Wildman–Crippen MR) is 62.2 cm³/mol. The molecule has 0 saturated carbocycles. The van der Waals surface area contributed by atoms with E-state index >= 15 is 0 Å². The number of rotatable bonds is 2. The topological polar surface area (TPSA) is 40.5 Å². The summed E-state index contributed by atoms with van der Waals surface area (Å²) >= 11 is 0. The second-order valence-corrected chi connectivity index (χ2v) is 4.58. The van der Waals surface area contributed by atoms with Gasteiger partial charge >= 0.3 is 0 Å². The molecule has 0 bridgehead atoms. The van der Waals surface area contributed by atoms with Crippen LogP contribution in [0.4, 0.5) is 0 Å². The van der Waals surface area contributed by atoms with E-state index < -0.39 is 0 Å². The van der Waals surface area contributed by atoms with Gasteiger partial charge < -0.3 is 10.0 Å². The molecule has 0 radical (unpaired) electrons. The maximum Gasteiger partial charge on any atom is 0.227 e. The van der Waals surface area contributed by atoms with Gasteiger partial charge in [-0.1, -0.05) is 19.1 Å². The molecule has 1 atom stereocenters. The van der Waals surface area contributed by atoms with E-state index in [-0.39, 0.29) is 11.7 Å². The van der Waals surface area contributed by atoms with E-state index in [4.69, 9.17) is 0 Å². The lowest BCUT2D eigenvalue weighted by molar-refractivity contribution is -0.129. The van der Waals surface area contributed by atoms with E-state index in [0.29, 0.717) is 12.3 Å². The van der Waals surface area contributed by atoms with Gasteiger partial charge in [-0.2, -0.15) is 0 Å². The summed E-state index contributed by atoms with van der Waals surface area (Å²) in [7, 11) is 0. The van der Waals surface area contributed by atoms with Crippen molar-refractivity contribution >= 4 is 5.91 Å². The number of nitrogens with zero attached hydrogens (tertiary/aromatic N) is 1. The molecule has 1 aromatic carbocycles. The van der Waals surface area contributed by atoms with Crippen LogP contribution >= 0.6 is 0 Å². The van der Waals surface area contributed by atoms with Crippen LogP contribution in [0.3, 0.4) is 0 Å². The van der Waals surface area contributed by atoms with E-state index in [1.54, 1.807) is 18.2 Å². The third kappa shape index (κ3) is 2.54. The first kappa shape index (κ1) is 11.0. The van der Waals surface area contributed by atoms with Crippen molar-refractivity contribution in [1.29, 1.82) is 0 Å². The molecule has 1 unspecified atom stereocenters. The summed E-state index contributed by atoms with van der Waals surface area (Å²) in [5.41, 5.74) is 0.879. The van der Waals surface area contributed by atoms with E-state index in [1.165, 1.54) is 0 Å². The highest BCUT2D eigenvalue weighted by Crippen LogP contribution is 2.17. The molecule has 1 aliphatic rings. The number of phenols is 1. The van der Waals surface area contributed by atoms with Gasteiger partial charge in [0.15, 0.2) is 0 Å². The summed E-state index contributed by atoms with van der Waals surface area (Å²) in [6, 6.07) is 6.91. The minimum absolute atomic E-state index is 0.162. The van der Waals surface area contributed by atoms with Crippen molar-refractivity contribution in [2.45, 2.75) is 19.8 Å². The van der Waals surface area contributed by atoms with Crippen LogP contribution in [-0.2, 0) is 11.2 Å². The van der Waals surface area contributed by atoms with Gasteiger partial charge in [0.2, 0.25) is 5.91 Å². The molecule has 2 rings (SSSR count). The van der Waals surface area contributed by atoms with Crippen molar-refractivity contribution in [3.63, 3.8) is 0 Å². The number of hydrogen-bond acceptors (Lipinski definition) is 2. The van der Waals surface area contributed by atoms with Crippen molar-refractivity contribution in [3.05, 3.63) is 29.8 Å². The van der Waals surface area contributed by atoms with Crippen molar-refractivity contribution in [3.8, 4) is 5.75 Å². The van der Waals surface area contributed by atoms with Gasteiger partial charge in [-0.25, -0.2) is 0 Å². The Kier molecular flexibility index (Phi) is 3.13. The zero-order valence-electron chi connectivity index (χ0n) is 9.52. The highest BCUT2D eigenvalue weighted by atomic mass is 16.3. The molecule has 0 spiro atoms. The van der Waals surface area contributed by atoms with E-state index in [1.807, 2.05) is 11.0 Å². The SMILES string of the molecule is CC1CCN(C(=O)Cc2cccc(O)c2)C1. The third-order valence-electron chi connectivity index (χ3n) is 3.04. The Morgan fingerprint density at radius 3 is 3.00 bits per heavy atom.